The van der Waals surface area contributed by atoms with E-state index >= 15 is 0 Å². The van der Waals surface area contributed by atoms with E-state index in [1.54, 1.807) is 0 Å². The molecule has 0 fully saturated rings. The number of rotatable bonds is 1. The highest BCUT2D eigenvalue weighted by molar-refractivity contribution is 5.59. The van der Waals surface area contributed by atoms with Gasteiger partial charge in [0.1, 0.15) is 11.6 Å². The van der Waals surface area contributed by atoms with E-state index in [2.05, 4.69) is 15.2 Å². The molecule has 1 aromatic heterocycles. The average molecular weight is 208 g/mol. The minimum atomic E-state index is -0.587. The minimum absolute atomic E-state index is 0.0107. The third-order valence-corrected chi connectivity index (χ3v) is 1.78. The maximum Gasteiger partial charge on any atom is 0.240 e. The second kappa shape index (κ2) is 3.56. The summed E-state index contributed by atoms with van der Waals surface area (Å²) in [5.41, 5.74) is 5.45. The third kappa shape index (κ3) is 1.88. The topological polar surface area (TPSA) is 64.7 Å². The predicted octanol–water partition coefficient (Wildman–Crippen LogP) is 1.40. The Morgan fingerprint density at radius 1 is 1.20 bits per heavy atom. The second-order valence-electron chi connectivity index (χ2n) is 2.82. The van der Waals surface area contributed by atoms with Crippen molar-refractivity contribution < 1.29 is 8.78 Å². The first kappa shape index (κ1) is 9.45. The molecule has 0 saturated heterocycles. The Morgan fingerprint density at radius 2 is 2.00 bits per heavy atom. The number of aromatic nitrogens is 3. The fraction of sp³-hybridized carbons (Fsp3) is 0. The quantitative estimate of drug-likeness (QED) is 0.769. The van der Waals surface area contributed by atoms with Crippen LogP contribution in [0, 0.1) is 11.6 Å². The molecule has 0 unspecified atom stereocenters. The molecule has 0 spiro atoms. The van der Waals surface area contributed by atoms with Crippen LogP contribution in [-0.4, -0.2) is 15.2 Å². The van der Waals surface area contributed by atoms with Gasteiger partial charge in [0.15, 0.2) is 0 Å². The first-order valence-electron chi connectivity index (χ1n) is 4.07. The van der Waals surface area contributed by atoms with Gasteiger partial charge in [-0.15, -0.1) is 5.10 Å². The summed E-state index contributed by atoms with van der Waals surface area (Å²) in [7, 11) is 0. The highest BCUT2D eigenvalue weighted by Gasteiger charge is 2.08. The lowest BCUT2D eigenvalue weighted by Gasteiger charge is -2.01. The van der Waals surface area contributed by atoms with Crippen LogP contribution in [0.5, 0.6) is 0 Å². The normalized spacial score (nSPS) is 10.3. The summed E-state index contributed by atoms with van der Waals surface area (Å²) >= 11 is 0. The number of anilines is 1. The van der Waals surface area contributed by atoms with Crippen molar-refractivity contribution in [2.45, 2.75) is 0 Å². The highest BCUT2D eigenvalue weighted by atomic mass is 19.1. The fourth-order valence-corrected chi connectivity index (χ4v) is 1.14. The van der Waals surface area contributed by atoms with E-state index in [0.29, 0.717) is 0 Å². The molecule has 0 aliphatic heterocycles. The van der Waals surface area contributed by atoms with Crippen molar-refractivity contribution in [1.29, 1.82) is 0 Å². The van der Waals surface area contributed by atoms with Crippen LogP contribution in [0.1, 0.15) is 0 Å². The van der Waals surface area contributed by atoms with Crippen LogP contribution in [0.3, 0.4) is 0 Å². The van der Waals surface area contributed by atoms with Gasteiger partial charge < -0.3 is 5.73 Å². The van der Waals surface area contributed by atoms with E-state index in [4.69, 9.17) is 5.73 Å². The van der Waals surface area contributed by atoms with E-state index in [1.165, 1.54) is 6.20 Å². The van der Waals surface area contributed by atoms with Crippen LogP contribution in [0.4, 0.5) is 14.7 Å². The number of nitrogens with zero attached hydrogens (tertiary/aromatic N) is 3. The molecule has 0 bridgehead atoms. The standard InChI is InChI=1S/C9H6F2N4/c10-5-1-2-7(11)6(3-5)8-4-13-15-9(12)14-8/h1-4H,(H2,12,14,15). The zero-order chi connectivity index (χ0) is 10.8. The van der Waals surface area contributed by atoms with Gasteiger partial charge in [0.25, 0.3) is 0 Å². The molecule has 0 atom stereocenters. The lowest BCUT2D eigenvalue weighted by atomic mass is 10.1. The molecule has 76 valence electrons. The Kier molecular flexibility index (Phi) is 2.24. The molecular weight excluding hydrogens is 202 g/mol. The van der Waals surface area contributed by atoms with E-state index in [0.717, 1.165) is 18.2 Å². The Balaban J connectivity index is 2.58. The maximum atomic E-state index is 13.3. The average Bonchev–Trinajstić information content (AvgIpc) is 2.22. The molecular formula is C9H6F2N4. The molecule has 4 nitrogen and oxygen atoms in total. The van der Waals surface area contributed by atoms with Gasteiger partial charge in [-0.3, -0.25) is 0 Å². The first-order valence-corrected chi connectivity index (χ1v) is 4.07. The number of benzene rings is 1. The van der Waals surface area contributed by atoms with Gasteiger partial charge in [0.2, 0.25) is 5.95 Å². The Bertz CT molecular complexity index is 501. The van der Waals surface area contributed by atoms with Crippen molar-refractivity contribution in [3.05, 3.63) is 36.0 Å². The molecule has 2 rings (SSSR count). The molecule has 6 heteroatoms. The smallest absolute Gasteiger partial charge is 0.240 e. The van der Waals surface area contributed by atoms with Gasteiger partial charge in [-0.1, -0.05) is 0 Å². The number of hydrogen-bond acceptors (Lipinski definition) is 4. The van der Waals surface area contributed by atoms with Crippen LogP contribution < -0.4 is 5.73 Å². The van der Waals surface area contributed by atoms with Gasteiger partial charge in [0, 0.05) is 5.56 Å². The van der Waals surface area contributed by atoms with Crippen LogP contribution >= 0.6 is 0 Å². The Labute approximate surface area is 83.8 Å². The molecule has 0 saturated carbocycles. The molecule has 2 N–H and O–H groups in total. The summed E-state index contributed by atoms with van der Waals surface area (Å²) in [5.74, 6) is -1.23. The molecule has 0 aliphatic carbocycles. The fourth-order valence-electron chi connectivity index (χ4n) is 1.14. The van der Waals surface area contributed by atoms with Gasteiger partial charge in [0.05, 0.1) is 11.9 Å². The second-order valence-corrected chi connectivity index (χ2v) is 2.82. The van der Waals surface area contributed by atoms with Crippen LogP contribution in [0.15, 0.2) is 24.4 Å². The molecule has 15 heavy (non-hydrogen) atoms. The predicted molar refractivity (Wildman–Crippen MR) is 49.6 cm³/mol. The van der Waals surface area contributed by atoms with E-state index < -0.39 is 11.6 Å². The number of nitrogens with two attached hydrogens (primary N) is 1. The molecule has 2 aromatic rings. The number of hydrogen-bond donors (Lipinski definition) is 1. The summed E-state index contributed by atoms with van der Waals surface area (Å²) in [5, 5.41) is 6.92. The maximum absolute atomic E-state index is 13.3. The zero-order valence-corrected chi connectivity index (χ0v) is 7.48. The summed E-state index contributed by atoms with van der Waals surface area (Å²) in [6, 6.07) is 3.07. The lowest BCUT2D eigenvalue weighted by molar-refractivity contribution is 0.602. The van der Waals surface area contributed by atoms with Crippen LogP contribution in [-0.2, 0) is 0 Å². The van der Waals surface area contributed by atoms with Crippen LogP contribution in [0.25, 0.3) is 11.3 Å². The monoisotopic (exact) mass is 208 g/mol. The largest absolute Gasteiger partial charge is 0.366 e. The van der Waals surface area contributed by atoms with Crippen LogP contribution in [0.2, 0.25) is 0 Å². The van der Waals surface area contributed by atoms with Gasteiger partial charge in [-0.25, -0.2) is 13.8 Å². The number of halogens is 2. The van der Waals surface area contributed by atoms with Crippen molar-refractivity contribution >= 4 is 5.95 Å². The summed E-state index contributed by atoms with van der Waals surface area (Å²) in [4.78, 5) is 3.74. The van der Waals surface area contributed by atoms with Crippen molar-refractivity contribution in [2.24, 2.45) is 0 Å². The molecule has 1 heterocycles. The number of nitrogen functional groups attached to an aromatic ring is 1. The lowest BCUT2D eigenvalue weighted by Crippen LogP contribution is -1.99. The SMILES string of the molecule is Nc1nncc(-c2cc(F)ccc2F)n1. The molecule has 0 radical (unpaired) electrons. The van der Waals surface area contributed by atoms with Crippen molar-refractivity contribution in [1.82, 2.24) is 15.2 Å². The van der Waals surface area contributed by atoms with Crippen molar-refractivity contribution in [3.8, 4) is 11.3 Å². The summed E-state index contributed by atoms with van der Waals surface area (Å²) < 4.78 is 26.2. The minimum Gasteiger partial charge on any atom is -0.366 e. The van der Waals surface area contributed by atoms with Gasteiger partial charge >= 0.3 is 0 Å². The molecule has 1 aromatic carbocycles. The van der Waals surface area contributed by atoms with Crippen molar-refractivity contribution in [3.63, 3.8) is 0 Å². The van der Waals surface area contributed by atoms with E-state index in [1.807, 2.05) is 0 Å². The molecule has 0 aliphatic rings. The molecule has 0 amide bonds. The third-order valence-electron chi connectivity index (χ3n) is 1.78. The van der Waals surface area contributed by atoms with E-state index in [9.17, 15) is 8.78 Å². The summed E-state index contributed by atoms with van der Waals surface area (Å²) in [6.45, 7) is 0. The Morgan fingerprint density at radius 3 is 2.73 bits per heavy atom. The highest BCUT2D eigenvalue weighted by Crippen LogP contribution is 2.20. The summed E-state index contributed by atoms with van der Waals surface area (Å²) in [6.07, 6.45) is 1.22. The van der Waals surface area contributed by atoms with Gasteiger partial charge in [-0.05, 0) is 18.2 Å². The first-order chi connectivity index (χ1) is 7.16. The van der Waals surface area contributed by atoms with Gasteiger partial charge in [-0.2, -0.15) is 5.10 Å². The zero-order valence-electron chi connectivity index (χ0n) is 7.48. The Hall–Kier alpha value is -2.11. The van der Waals surface area contributed by atoms with Crippen molar-refractivity contribution in [2.75, 3.05) is 5.73 Å². The van der Waals surface area contributed by atoms with E-state index in [-0.39, 0.29) is 17.2 Å².